The highest BCUT2D eigenvalue weighted by Gasteiger charge is 2.22. The molecule has 4 rings (SSSR count). The maximum absolute atomic E-state index is 13.0. The molecular weight excluding hydrogens is 356 g/mol. The highest BCUT2D eigenvalue weighted by atomic mass is 32.2. The SMILES string of the molecule is O=S(=O)(NCN1CCCc2ccccc21)c1ccccc1-c1ccccc1. The van der Waals surface area contributed by atoms with Crippen LogP contribution < -0.4 is 9.62 Å². The molecule has 0 atom stereocenters. The summed E-state index contributed by atoms with van der Waals surface area (Å²) in [5, 5.41) is 0. The molecule has 3 aromatic carbocycles. The first kappa shape index (κ1) is 17.8. The van der Waals surface area contributed by atoms with Crippen LogP contribution in [0.15, 0.2) is 83.8 Å². The van der Waals surface area contributed by atoms with Crippen LogP contribution in [0, 0.1) is 0 Å². The minimum atomic E-state index is -3.63. The predicted molar refractivity (Wildman–Crippen MR) is 109 cm³/mol. The van der Waals surface area contributed by atoms with Crippen molar-refractivity contribution < 1.29 is 8.42 Å². The normalized spacial score (nSPS) is 14.0. The second-order valence-corrected chi connectivity index (χ2v) is 8.40. The molecule has 0 saturated heterocycles. The zero-order valence-electron chi connectivity index (χ0n) is 15.0. The van der Waals surface area contributed by atoms with E-state index in [2.05, 4.69) is 21.8 Å². The molecule has 0 aromatic heterocycles. The highest BCUT2D eigenvalue weighted by Crippen LogP contribution is 2.28. The van der Waals surface area contributed by atoms with Crippen LogP contribution in [0.1, 0.15) is 12.0 Å². The Bertz CT molecular complexity index is 1030. The fourth-order valence-electron chi connectivity index (χ4n) is 3.57. The fourth-order valence-corrected chi connectivity index (χ4v) is 4.79. The summed E-state index contributed by atoms with van der Waals surface area (Å²) in [6.45, 7) is 1.11. The molecule has 0 saturated carbocycles. The van der Waals surface area contributed by atoms with Gasteiger partial charge in [0.05, 0.1) is 11.6 Å². The number of fused-ring (bicyclic) bond motifs is 1. The summed E-state index contributed by atoms with van der Waals surface area (Å²) in [7, 11) is -3.63. The molecule has 4 nitrogen and oxygen atoms in total. The molecule has 0 spiro atoms. The monoisotopic (exact) mass is 378 g/mol. The molecule has 0 unspecified atom stereocenters. The van der Waals surface area contributed by atoms with E-state index in [9.17, 15) is 8.42 Å². The number of hydrogen-bond donors (Lipinski definition) is 1. The van der Waals surface area contributed by atoms with Crippen LogP contribution in [0.5, 0.6) is 0 Å². The molecule has 5 heteroatoms. The summed E-state index contributed by atoms with van der Waals surface area (Å²) in [6, 6.07) is 24.9. The first-order chi connectivity index (χ1) is 13.1. The van der Waals surface area contributed by atoms with E-state index in [-0.39, 0.29) is 6.67 Å². The van der Waals surface area contributed by atoms with Crippen LogP contribution in [-0.4, -0.2) is 21.6 Å². The van der Waals surface area contributed by atoms with Crippen molar-refractivity contribution in [3.05, 3.63) is 84.4 Å². The van der Waals surface area contributed by atoms with Gasteiger partial charge in [0.25, 0.3) is 0 Å². The number of nitrogens with zero attached hydrogens (tertiary/aromatic N) is 1. The third-order valence-electron chi connectivity index (χ3n) is 4.91. The van der Waals surface area contributed by atoms with Crippen molar-refractivity contribution >= 4 is 15.7 Å². The Hall–Kier alpha value is -2.63. The van der Waals surface area contributed by atoms with Gasteiger partial charge in [0.15, 0.2) is 0 Å². The Labute approximate surface area is 160 Å². The molecule has 3 aromatic rings. The van der Waals surface area contributed by atoms with Crippen molar-refractivity contribution in [2.24, 2.45) is 0 Å². The molecule has 0 aliphatic carbocycles. The fraction of sp³-hybridized carbons (Fsp3) is 0.182. The van der Waals surface area contributed by atoms with Crippen molar-refractivity contribution in [3.8, 4) is 11.1 Å². The van der Waals surface area contributed by atoms with E-state index in [0.717, 1.165) is 30.6 Å². The summed E-state index contributed by atoms with van der Waals surface area (Å²) in [4.78, 5) is 2.41. The average Bonchev–Trinajstić information content (AvgIpc) is 2.73. The molecule has 27 heavy (non-hydrogen) atoms. The van der Waals surface area contributed by atoms with Gasteiger partial charge in [-0.25, -0.2) is 8.42 Å². The van der Waals surface area contributed by atoms with Crippen molar-refractivity contribution in [3.63, 3.8) is 0 Å². The van der Waals surface area contributed by atoms with Crippen LogP contribution in [0.4, 0.5) is 5.69 Å². The average molecular weight is 378 g/mol. The van der Waals surface area contributed by atoms with Crippen LogP contribution in [0.2, 0.25) is 0 Å². The maximum atomic E-state index is 13.0. The molecule has 138 valence electrons. The van der Waals surface area contributed by atoms with Gasteiger partial charge in [-0.3, -0.25) is 0 Å². The van der Waals surface area contributed by atoms with E-state index >= 15 is 0 Å². The minimum absolute atomic E-state index is 0.266. The van der Waals surface area contributed by atoms with E-state index in [4.69, 9.17) is 0 Å². The van der Waals surface area contributed by atoms with Gasteiger partial charge >= 0.3 is 0 Å². The zero-order chi connectivity index (χ0) is 18.7. The number of rotatable bonds is 5. The third-order valence-corrected chi connectivity index (χ3v) is 6.36. The Morgan fingerprint density at radius 2 is 1.56 bits per heavy atom. The van der Waals surface area contributed by atoms with Crippen LogP contribution in [0.3, 0.4) is 0 Å². The van der Waals surface area contributed by atoms with Gasteiger partial charge in [0, 0.05) is 17.8 Å². The lowest BCUT2D eigenvalue weighted by Gasteiger charge is -2.31. The second kappa shape index (κ2) is 7.55. The van der Waals surface area contributed by atoms with Gasteiger partial charge in [-0.05, 0) is 36.1 Å². The summed E-state index contributed by atoms with van der Waals surface area (Å²) in [5.74, 6) is 0. The summed E-state index contributed by atoms with van der Waals surface area (Å²) >= 11 is 0. The quantitative estimate of drug-likeness (QED) is 0.729. The van der Waals surface area contributed by atoms with Gasteiger partial charge < -0.3 is 4.90 Å². The lowest BCUT2D eigenvalue weighted by atomic mass is 10.0. The number of aryl methyl sites for hydroxylation is 1. The lowest BCUT2D eigenvalue weighted by molar-refractivity contribution is 0.576. The number of hydrogen-bond acceptors (Lipinski definition) is 3. The zero-order valence-corrected chi connectivity index (χ0v) is 15.8. The second-order valence-electron chi connectivity index (χ2n) is 6.66. The van der Waals surface area contributed by atoms with E-state index in [1.165, 1.54) is 5.56 Å². The molecule has 0 bridgehead atoms. The molecular formula is C22H22N2O2S. The van der Waals surface area contributed by atoms with E-state index in [1.807, 2.05) is 54.6 Å². The van der Waals surface area contributed by atoms with Gasteiger partial charge in [-0.2, -0.15) is 4.72 Å². The van der Waals surface area contributed by atoms with Gasteiger partial charge in [0.1, 0.15) is 0 Å². The Balaban J connectivity index is 1.59. The first-order valence-corrected chi connectivity index (χ1v) is 10.6. The van der Waals surface area contributed by atoms with Crippen molar-refractivity contribution in [2.45, 2.75) is 17.7 Å². The molecule has 1 heterocycles. The summed E-state index contributed by atoms with van der Waals surface area (Å²) in [6.07, 6.45) is 2.07. The minimum Gasteiger partial charge on any atom is -0.358 e. The Morgan fingerprint density at radius 1 is 0.852 bits per heavy atom. The molecule has 0 fully saturated rings. The van der Waals surface area contributed by atoms with E-state index in [0.29, 0.717) is 10.5 Å². The molecule has 0 radical (unpaired) electrons. The van der Waals surface area contributed by atoms with E-state index < -0.39 is 10.0 Å². The van der Waals surface area contributed by atoms with Gasteiger partial charge in [-0.15, -0.1) is 0 Å². The van der Waals surface area contributed by atoms with Gasteiger partial charge in [0.2, 0.25) is 10.0 Å². The Kier molecular flexibility index (Phi) is 4.97. The summed E-state index contributed by atoms with van der Waals surface area (Å²) < 4.78 is 28.9. The topological polar surface area (TPSA) is 49.4 Å². The number of sulfonamides is 1. The van der Waals surface area contributed by atoms with Crippen LogP contribution in [-0.2, 0) is 16.4 Å². The molecule has 0 amide bonds. The van der Waals surface area contributed by atoms with Crippen molar-refractivity contribution in [1.82, 2.24) is 4.72 Å². The number of anilines is 1. The highest BCUT2D eigenvalue weighted by molar-refractivity contribution is 7.89. The molecule has 1 aliphatic heterocycles. The predicted octanol–water partition coefficient (Wildman–Crippen LogP) is 4.04. The lowest BCUT2D eigenvalue weighted by Crippen LogP contribution is -2.40. The molecule has 1 N–H and O–H groups in total. The smallest absolute Gasteiger partial charge is 0.242 e. The number of benzene rings is 3. The molecule has 1 aliphatic rings. The summed E-state index contributed by atoms with van der Waals surface area (Å²) in [5.41, 5.74) is 3.99. The van der Waals surface area contributed by atoms with Crippen molar-refractivity contribution in [1.29, 1.82) is 0 Å². The maximum Gasteiger partial charge on any atom is 0.242 e. The number of para-hydroxylation sites is 1. The van der Waals surface area contributed by atoms with E-state index in [1.54, 1.807) is 12.1 Å². The van der Waals surface area contributed by atoms with Crippen molar-refractivity contribution in [2.75, 3.05) is 18.1 Å². The van der Waals surface area contributed by atoms with Crippen LogP contribution >= 0.6 is 0 Å². The Morgan fingerprint density at radius 3 is 2.41 bits per heavy atom. The van der Waals surface area contributed by atoms with Crippen LogP contribution in [0.25, 0.3) is 11.1 Å². The van der Waals surface area contributed by atoms with Gasteiger partial charge in [-0.1, -0.05) is 66.7 Å². The largest absolute Gasteiger partial charge is 0.358 e. The first-order valence-electron chi connectivity index (χ1n) is 9.12. The third kappa shape index (κ3) is 3.75. The number of nitrogens with one attached hydrogen (secondary N) is 1. The standard InChI is InChI=1S/C22H22N2O2S/c25-27(26,22-15-7-5-13-20(22)18-9-2-1-3-10-18)23-17-24-16-8-12-19-11-4-6-14-21(19)24/h1-7,9-11,13-15,23H,8,12,16-17H2.